The molecule has 2 rings (SSSR count). The highest BCUT2D eigenvalue weighted by molar-refractivity contribution is 5.97. The minimum Gasteiger partial charge on any atom is -0.507 e. The number of phenols is 1. The Hall–Kier alpha value is -3.22. The van der Waals surface area contributed by atoms with Crippen LogP contribution in [0.4, 0.5) is 0 Å². The van der Waals surface area contributed by atoms with Crippen LogP contribution in [0.1, 0.15) is 62.0 Å². The molecule has 0 aliphatic rings. The van der Waals surface area contributed by atoms with Crippen molar-refractivity contribution in [3.63, 3.8) is 0 Å². The fourth-order valence-corrected chi connectivity index (χ4v) is 3.38. The Labute approximate surface area is 195 Å². The number of rotatable bonds is 14. The number of ether oxygens (including phenoxy) is 4. The lowest BCUT2D eigenvalue weighted by Crippen LogP contribution is -2.15. The van der Waals surface area contributed by atoms with E-state index < -0.39 is 5.97 Å². The Morgan fingerprint density at radius 1 is 0.939 bits per heavy atom. The summed E-state index contributed by atoms with van der Waals surface area (Å²) in [5.74, 6) is 1.25. The lowest BCUT2D eigenvalue weighted by atomic mass is 10.0. The smallest absolute Gasteiger partial charge is 0.344 e. The molecule has 0 atom stereocenters. The molecule has 0 aliphatic heterocycles. The predicted molar refractivity (Wildman–Crippen MR) is 126 cm³/mol. The molecule has 0 spiro atoms. The third kappa shape index (κ3) is 7.70. The van der Waals surface area contributed by atoms with E-state index in [1.54, 1.807) is 13.0 Å². The summed E-state index contributed by atoms with van der Waals surface area (Å²) in [5.41, 5.74) is 2.09. The monoisotopic (exact) mass is 458 g/mol. The average molecular weight is 459 g/mol. The van der Waals surface area contributed by atoms with Crippen LogP contribution in [0.15, 0.2) is 30.3 Å². The Kier molecular flexibility index (Phi) is 10.5. The molecule has 0 aromatic heterocycles. The Morgan fingerprint density at radius 2 is 1.61 bits per heavy atom. The summed E-state index contributed by atoms with van der Waals surface area (Å²) in [6.45, 7) is 8.22. The number of ketones is 1. The van der Waals surface area contributed by atoms with E-state index in [9.17, 15) is 14.7 Å². The fraction of sp³-hybridized carbons (Fsp3) is 0.462. The maximum Gasteiger partial charge on any atom is 0.344 e. The average Bonchev–Trinajstić information content (AvgIpc) is 2.79. The van der Waals surface area contributed by atoms with E-state index in [2.05, 4.69) is 6.92 Å². The van der Waals surface area contributed by atoms with Gasteiger partial charge in [-0.15, -0.1) is 0 Å². The molecule has 0 bridgehead atoms. The highest BCUT2D eigenvalue weighted by Crippen LogP contribution is 2.31. The number of aromatic hydroxyl groups is 1. The van der Waals surface area contributed by atoms with Crippen LogP contribution < -0.4 is 14.2 Å². The molecule has 0 heterocycles. The first kappa shape index (κ1) is 26.0. The number of phenolic OH excluding ortho intramolecular Hbond substituents is 1. The van der Waals surface area contributed by atoms with Gasteiger partial charge < -0.3 is 24.1 Å². The van der Waals surface area contributed by atoms with E-state index in [4.69, 9.17) is 18.9 Å². The van der Waals surface area contributed by atoms with Crippen LogP contribution in [-0.2, 0) is 22.4 Å². The molecule has 0 amide bonds. The summed E-state index contributed by atoms with van der Waals surface area (Å²) in [7, 11) is 0. The third-order valence-electron chi connectivity index (χ3n) is 4.98. The predicted octanol–water partition coefficient (Wildman–Crippen LogP) is 4.90. The molecular formula is C26H34O7. The second kappa shape index (κ2) is 13.4. The first-order chi connectivity index (χ1) is 15.9. The van der Waals surface area contributed by atoms with Gasteiger partial charge >= 0.3 is 5.97 Å². The summed E-state index contributed by atoms with van der Waals surface area (Å²) < 4.78 is 22.4. The zero-order valence-electron chi connectivity index (χ0n) is 19.9. The van der Waals surface area contributed by atoms with Gasteiger partial charge in [0.15, 0.2) is 12.4 Å². The molecule has 0 aliphatic carbocycles. The maximum atomic E-state index is 11.6. The van der Waals surface area contributed by atoms with Gasteiger partial charge in [0.1, 0.15) is 23.0 Å². The number of hydrogen-bond acceptors (Lipinski definition) is 7. The van der Waals surface area contributed by atoms with E-state index in [0.717, 1.165) is 29.7 Å². The third-order valence-corrected chi connectivity index (χ3v) is 4.98. The Balaban J connectivity index is 1.95. The Bertz CT molecular complexity index is 936. The molecular weight excluding hydrogens is 424 g/mol. The van der Waals surface area contributed by atoms with E-state index in [1.165, 1.54) is 13.0 Å². The highest BCUT2D eigenvalue weighted by atomic mass is 16.6. The van der Waals surface area contributed by atoms with E-state index in [1.807, 2.05) is 25.1 Å². The lowest BCUT2D eigenvalue weighted by molar-refractivity contribution is -0.145. The van der Waals surface area contributed by atoms with Gasteiger partial charge in [0.2, 0.25) is 0 Å². The van der Waals surface area contributed by atoms with Crippen molar-refractivity contribution in [2.75, 3.05) is 26.4 Å². The van der Waals surface area contributed by atoms with Crippen LogP contribution in [-0.4, -0.2) is 43.3 Å². The SMILES string of the molecule is CCCc1c(OCCCOc2cc(O)c(C(C)=O)cc2CC)cccc1OCC(=O)OCC. The number of carbonyl (C=O) groups is 2. The van der Waals surface area contributed by atoms with Crippen molar-refractivity contribution in [2.24, 2.45) is 0 Å². The van der Waals surface area contributed by atoms with Crippen molar-refractivity contribution in [1.29, 1.82) is 0 Å². The summed E-state index contributed by atoms with van der Waals surface area (Å²) >= 11 is 0. The quantitative estimate of drug-likeness (QED) is 0.245. The van der Waals surface area contributed by atoms with Crippen molar-refractivity contribution in [2.45, 2.75) is 53.4 Å². The van der Waals surface area contributed by atoms with Crippen LogP contribution in [0, 0.1) is 0 Å². The van der Waals surface area contributed by atoms with Crippen molar-refractivity contribution in [3.05, 3.63) is 47.0 Å². The van der Waals surface area contributed by atoms with E-state index in [0.29, 0.717) is 49.7 Å². The lowest BCUT2D eigenvalue weighted by Gasteiger charge is -2.16. The van der Waals surface area contributed by atoms with Crippen LogP contribution in [0.5, 0.6) is 23.0 Å². The van der Waals surface area contributed by atoms with Crippen molar-refractivity contribution >= 4 is 11.8 Å². The molecule has 180 valence electrons. The molecule has 0 saturated carbocycles. The number of aryl methyl sites for hydroxylation is 1. The molecule has 0 radical (unpaired) electrons. The summed E-state index contributed by atoms with van der Waals surface area (Å²) in [6.07, 6.45) is 2.97. The summed E-state index contributed by atoms with van der Waals surface area (Å²) in [6, 6.07) is 8.72. The van der Waals surface area contributed by atoms with E-state index in [-0.39, 0.29) is 18.1 Å². The number of esters is 1. The molecule has 1 N–H and O–H groups in total. The summed E-state index contributed by atoms with van der Waals surface area (Å²) in [5, 5.41) is 10.1. The van der Waals surface area contributed by atoms with Gasteiger partial charge in [-0.3, -0.25) is 4.79 Å². The topological polar surface area (TPSA) is 91.3 Å². The first-order valence-electron chi connectivity index (χ1n) is 11.4. The zero-order chi connectivity index (χ0) is 24.2. The van der Waals surface area contributed by atoms with Crippen molar-refractivity contribution in [1.82, 2.24) is 0 Å². The first-order valence-corrected chi connectivity index (χ1v) is 11.4. The number of Topliss-reactive ketones (excluding diaryl/α,β-unsaturated/α-hetero) is 1. The second-order valence-electron chi connectivity index (χ2n) is 7.51. The van der Waals surface area contributed by atoms with Gasteiger partial charge in [-0.1, -0.05) is 26.3 Å². The molecule has 0 saturated heterocycles. The van der Waals surface area contributed by atoms with Crippen molar-refractivity contribution < 1.29 is 33.6 Å². The van der Waals surface area contributed by atoms with Crippen LogP contribution in [0.3, 0.4) is 0 Å². The van der Waals surface area contributed by atoms with Gasteiger partial charge in [0, 0.05) is 18.1 Å². The zero-order valence-corrected chi connectivity index (χ0v) is 19.9. The number of benzene rings is 2. The Morgan fingerprint density at radius 3 is 2.21 bits per heavy atom. The molecule has 0 unspecified atom stereocenters. The normalized spacial score (nSPS) is 10.5. The van der Waals surface area contributed by atoms with Crippen molar-refractivity contribution in [3.8, 4) is 23.0 Å². The number of hydrogen-bond donors (Lipinski definition) is 1. The van der Waals surface area contributed by atoms with Crippen LogP contribution >= 0.6 is 0 Å². The molecule has 7 nitrogen and oxygen atoms in total. The van der Waals surface area contributed by atoms with E-state index >= 15 is 0 Å². The highest BCUT2D eigenvalue weighted by Gasteiger charge is 2.14. The van der Waals surface area contributed by atoms with Crippen LogP contribution in [0.25, 0.3) is 0 Å². The molecule has 33 heavy (non-hydrogen) atoms. The van der Waals surface area contributed by atoms with Gasteiger partial charge in [0.25, 0.3) is 0 Å². The van der Waals surface area contributed by atoms with Gasteiger partial charge in [-0.2, -0.15) is 0 Å². The minimum absolute atomic E-state index is 0.0743. The van der Waals surface area contributed by atoms with Gasteiger partial charge in [-0.25, -0.2) is 4.79 Å². The van der Waals surface area contributed by atoms with Crippen LogP contribution in [0.2, 0.25) is 0 Å². The maximum absolute atomic E-state index is 11.6. The fourth-order valence-electron chi connectivity index (χ4n) is 3.38. The summed E-state index contributed by atoms with van der Waals surface area (Å²) in [4.78, 5) is 23.3. The number of carbonyl (C=O) groups excluding carboxylic acids is 2. The van der Waals surface area contributed by atoms with Gasteiger partial charge in [-0.05, 0) is 50.5 Å². The molecule has 7 heteroatoms. The molecule has 2 aromatic rings. The van der Waals surface area contributed by atoms with Gasteiger partial charge in [0.05, 0.1) is 25.4 Å². The molecule has 0 fully saturated rings. The largest absolute Gasteiger partial charge is 0.507 e. The second-order valence-corrected chi connectivity index (χ2v) is 7.51. The molecule has 2 aromatic carbocycles. The standard InChI is InChI=1S/C26H34O7/c1-5-10-20-23(11-8-12-24(20)33-17-26(29)30-7-3)31-13-9-14-32-25-16-22(28)21(18(4)27)15-19(25)6-2/h8,11-12,15-16,28H,5-7,9-10,13-14,17H2,1-4H3. The minimum atomic E-state index is -0.405.